The molecule has 0 bridgehead atoms. The Hall–Kier alpha value is -3.35. The van der Waals surface area contributed by atoms with Crippen molar-refractivity contribution in [2.24, 2.45) is 0 Å². The largest absolute Gasteiger partial charge is 0.496 e. The number of para-hydroxylation sites is 1. The Kier molecular flexibility index (Phi) is 5.67. The Morgan fingerprint density at radius 2 is 1.97 bits per heavy atom. The Labute approximate surface area is 188 Å². The Balaban J connectivity index is 1.50. The first kappa shape index (κ1) is 21.9. The summed E-state index contributed by atoms with van der Waals surface area (Å²) in [5.41, 5.74) is 2.39. The van der Waals surface area contributed by atoms with Gasteiger partial charge >= 0.3 is 0 Å². The maximum absolute atomic E-state index is 13.3. The van der Waals surface area contributed by atoms with E-state index >= 15 is 0 Å². The van der Waals surface area contributed by atoms with Gasteiger partial charge in [0.15, 0.2) is 0 Å². The fraction of sp³-hybridized carbons (Fsp3) is 0.400. The molecule has 3 amide bonds. The third kappa shape index (κ3) is 3.61. The normalized spacial score (nSPS) is 20.6. The second kappa shape index (κ2) is 8.30. The lowest BCUT2D eigenvalue weighted by atomic mass is 9.98. The lowest BCUT2D eigenvalue weighted by Crippen LogP contribution is -2.62. The summed E-state index contributed by atoms with van der Waals surface area (Å²) in [4.78, 5) is 42.1. The van der Waals surface area contributed by atoms with E-state index in [1.165, 1.54) is 0 Å². The monoisotopic (exact) mass is 435 g/mol. The number of fused-ring (bicyclic) bond motifs is 3. The van der Waals surface area contributed by atoms with Crippen molar-refractivity contribution < 1.29 is 19.1 Å². The number of amides is 3. The van der Waals surface area contributed by atoms with Crippen molar-refractivity contribution >= 4 is 23.4 Å². The van der Waals surface area contributed by atoms with E-state index in [1.807, 2.05) is 51.1 Å². The molecule has 0 aromatic heterocycles. The summed E-state index contributed by atoms with van der Waals surface area (Å²) < 4.78 is 5.43. The molecule has 0 radical (unpaired) electrons. The Morgan fingerprint density at radius 1 is 1.22 bits per heavy atom. The third-order valence-electron chi connectivity index (χ3n) is 6.54. The van der Waals surface area contributed by atoms with Gasteiger partial charge in [-0.1, -0.05) is 29.8 Å². The average molecular weight is 436 g/mol. The number of methoxy groups -OCH3 is 1. The first-order valence-corrected chi connectivity index (χ1v) is 10.9. The standard InChI is InChI=1S/C25H29N3O4/c1-16-9-10-21(32-4)19(15-16)17(2)26-22(29)12-14-27-24(31)18-7-5-6-8-20(18)28-23(30)11-13-25(27,28)3/h5-10,15,17H,11-14H2,1-4H3,(H,26,29). The summed E-state index contributed by atoms with van der Waals surface area (Å²) >= 11 is 0. The number of nitrogens with one attached hydrogen (secondary N) is 1. The highest BCUT2D eigenvalue weighted by Crippen LogP contribution is 2.44. The van der Waals surface area contributed by atoms with Crippen LogP contribution in [0, 0.1) is 6.92 Å². The molecule has 0 spiro atoms. The average Bonchev–Trinajstić information content (AvgIpc) is 3.08. The Bertz CT molecular complexity index is 1080. The number of nitrogens with zero attached hydrogens (tertiary/aromatic N) is 2. The first-order chi connectivity index (χ1) is 15.3. The summed E-state index contributed by atoms with van der Waals surface area (Å²) in [5.74, 6) is 0.420. The zero-order chi connectivity index (χ0) is 23.0. The fourth-order valence-electron chi connectivity index (χ4n) is 4.84. The minimum atomic E-state index is -0.756. The van der Waals surface area contributed by atoms with Crippen molar-refractivity contribution in [3.8, 4) is 5.75 Å². The minimum absolute atomic E-state index is 0.00191. The minimum Gasteiger partial charge on any atom is -0.496 e. The first-order valence-electron chi connectivity index (χ1n) is 10.9. The van der Waals surface area contributed by atoms with E-state index in [2.05, 4.69) is 5.32 Å². The molecule has 2 unspecified atom stereocenters. The van der Waals surface area contributed by atoms with Crippen LogP contribution in [0.3, 0.4) is 0 Å². The van der Waals surface area contributed by atoms with Gasteiger partial charge in [0.25, 0.3) is 5.91 Å². The van der Waals surface area contributed by atoms with Crippen LogP contribution in [0.5, 0.6) is 5.75 Å². The lowest BCUT2D eigenvalue weighted by Gasteiger charge is -2.48. The molecular formula is C25H29N3O4. The molecule has 2 aliphatic heterocycles. The van der Waals surface area contributed by atoms with Gasteiger partial charge in [-0.25, -0.2) is 0 Å². The smallest absolute Gasteiger partial charge is 0.257 e. The SMILES string of the molecule is COc1ccc(C)cc1C(C)NC(=O)CCN1C(=O)c2ccccc2N2C(=O)CCC12C. The summed E-state index contributed by atoms with van der Waals surface area (Å²) in [6, 6.07) is 12.8. The summed E-state index contributed by atoms with van der Waals surface area (Å²) in [5, 5.41) is 3.02. The van der Waals surface area contributed by atoms with Crippen molar-refractivity contribution in [2.75, 3.05) is 18.6 Å². The van der Waals surface area contributed by atoms with E-state index in [0.29, 0.717) is 24.1 Å². The molecular weight excluding hydrogens is 406 g/mol. The Morgan fingerprint density at radius 3 is 2.72 bits per heavy atom. The maximum atomic E-state index is 13.3. The topological polar surface area (TPSA) is 79.0 Å². The lowest BCUT2D eigenvalue weighted by molar-refractivity contribution is -0.122. The van der Waals surface area contributed by atoms with E-state index in [0.717, 1.165) is 16.9 Å². The molecule has 7 nitrogen and oxygen atoms in total. The van der Waals surface area contributed by atoms with Crippen molar-refractivity contribution in [3.63, 3.8) is 0 Å². The van der Waals surface area contributed by atoms with E-state index < -0.39 is 5.66 Å². The van der Waals surface area contributed by atoms with Gasteiger partial charge in [-0.05, 0) is 45.4 Å². The molecule has 7 heteroatoms. The second-order valence-electron chi connectivity index (χ2n) is 8.70. The van der Waals surface area contributed by atoms with Crippen LogP contribution in [0.1, 0.15) is 60.6 Å². The number of carbonyl (C=O) groups excluding carboxylic acids is 3. The van der Waals surface area contributed by atoms with Crippen LogP contribution < -0.4 is 15.0 Å². The number of hydrogen-bond donors (Lipinski definition) is 1. The molecule has 2 aromatic rings. The molecule has 4 rings (SSSR count). The molecule has 2 aliphatic rings. The molecule has 2 aromatic carbocycles. The molecule has 1 N–H and O–H groups in total. The highest BCUT2D eigenvalue weighted by Gasteiger charge is 2.52. The number of benzene rings is 2. The predicted octanol–water partition coefficient (Wildman–Crippen LogP) is 3.57. The molecule has 0 aliphatic carbocycles. The van der Waals surface area contributed by atoms with Gasteiger partial charge in [0.05, 0.1) is 24.4 Å². The van der Waals surface area contributed by atoms with Crippen LogP contribution in [0.4, 0.5) is 5.69 Å². The highest BCUT2D eigenvalue weighted by molar-refractivity contribution is 6.10. The van der Waals surface area contributed by atoms with Crippen LogP contribution in [0.25, 0.3) is 0 Å². The van der Waals surface area contributed by atoms with Gasteiger partial charge in [0, 0.05) is 24.9 Å². The van der Waals surface area contributed by atoms with Crippen LogP contribution >= 0.6 is 0 Å². The van der Waals surface area contributed by atoms with Crippen molar-refractivity contribution in [2.45, 2.75) is 51.7 Å². The van der Waals surface area contributed by atoms with E-state index in [-0.39, 0.29) is 36.7 Å². The number of anilines is 1. The predicted molar refractivity (Wildman–Crippen MR) is 122 cm³/mol. The number of rotatable bonds is 6. The molecule has 0 saturated carbocycles. The second-order valence-corrected chi connectivity index (χ2v) is 8.70. The third-order valence-corrected chi connectivity index (χ3v) is 6.54. The van der Waals surface area contributed by atoms with E-state index in [9.17, 15) is 14.4 Å². The molecule has 168 valence electrons. The molecule has 2 atom stereocenters. The van der Waals surface area contributed by atoms with Gasteiger partial charge in [0.1, 0.15) is 11.4 Å². The number of aryl methyl sites for hydroxylation is 1. The zero-order valence-electron chi connectivity index (χ0n) is 19.0. The molecule has 1 saturated heterocycles. The highest BCUT2D eigenvalue weighted by atomic mass is 16.5. The van der Waals surface area contributed by atoms with Crippen LogP contribution in [0.15, 0.2) is 42.5 Å². The summed E-state index contributed by atoms with van der Waals surface area (Å²) in [6.07, 6.45) is 1.07. The van der Waals surface area contributed by atoms with Gasteiger partial charge < -0.3 is 15.0 Å². The van der Waals surface area contributed by atoms with Crippen molar-refractivity contribution in [3.05, 3.63) is 59.2 Å². The van der Waals surface area contributed by atoms with Gasteiger partial charge in [-0.2, -0.15) is 0 Å². The number of hydrogen-bond acceptors (Lipinski definition) is 4. The number of carbonyl (C=O) groups is 3. The van der Waals surface area contributed by atoms with Crippen LogP contribution in [0.2, 0.25) is 0 Å². The molecule has 32 heavy (non-hydrogen) atoms. The van der Waals surface area contributed by atoms with Crippen molar-refractivity contribution in [1.29, 1.82) is 0 Å². The van der Waals surface area contributed by atoms with Crippen LogP contribution in [-0.4, -0.2) is 41.9 Å². The summed E-state index contributed by atoms with van der Waals surface area (Å²) in [7, 11) is 1.61. The van der Waals surface area contributed by atoms with Gasteiger partial charge in [-0.15, -0.1) is 0 Å². The van der Waals surface area contributed by atoms with Crippen molar-refractivity contribution in [1.82, 2.24) is 10.2 Å². The molecule has 1 fully saturated rings. The van der Waals surface area contributed by atoms with E-state index in [1.54, 1.807) is 29.0 Å². The maximum Gasteiger partial charge on any atom is 0.257 e. The van der Waals surface area contributed by atoms with E-state index in [4.69, 9.17) is 4.74 Å². The zero-order valence-corrected chi connectivity index (χ0v) is 19.0. The summed E-state index contributed by atoms with van der Waals surface area (Å²) in [6.45, 7) is 6.05. The van der Waals surface area contributed by atoms with Gasteiger partial charge in [-0.3, -0.25) is 19.3 Å². The fourth-order valence-corrected chi connectivity index (χ4v) is 4.84. The quantitative estimate of drug-likeness (QED) is 0.752. The van der Waals surface area contributed by atoms with Crippen LogP contribution in [-0.2, 0) is 9.59 Å². The molecule has 2 heterocycles. The number of ether oxygens (including phenoxy) is 1. The van der Waals surface area contributed by atoms with Gasteiger partial charge in [0.2, 0.25) is 11.8 Å².